The van der Waals surface area contributed by atoms with Crippen molar-refractivity contribution in [1.29, 1.82) is 5.26 Å². The summed E-state index contributed by atoms with van der Waals surface area (Å²) in [5.41, 5.74) is 6.70. The predicted octanol–water partition coefficient (Wildman–Crippen LogP) is 4.58. The van der Waals surface area contributed by atoms with Crippen molar-refractivity contribution in [3.8, 4) is 17.6 Å². The molecule has 140 valence electrons. The molecule has 3 aromatic rings. The molecule has 0 atom stereocenters. The topological polar surface area (TPSA) is 85.3 Å². The first-order chi connectivity index (χ1) is 13.5. The van der Waals surface area contributed by atoms with E-state index in [2.05, 4.69) is 34.1 Å². The van der Waals surface area contributed by atoms with Gasteiger partial charge in [-0.2, -0.15) is 5.26 Å². The highest BCUT2D eigenvalue weighted by Gasteiger charge is 2.12. The molecule has 5 nitrogen and oxygen atoms in total. The van der Waals surface area contributed by atoms with Crippen LogP contribution in [0.25, 0.3) is 16.8 Å². The molecule has 0 aliphatic heterocycles. The molecular weight excluding hydrogens is 420 g/mol. The van der Waals surface area contributed by atoms with E-state index in [1.54, 1.807) is 18.2 Å². The van der Waals surface area contributed by atoms with Crippen molar-refractivity contribution in [3.05, 3.63) is 75.8 Å². The van der Waals surface area contributed by atoms with Crippen LogP contribution in [0.15, 0.2) is 64.6 Å². The molecule has 3 rings (SSSR count). The number of nitriles is 1. The van der Waals surface area contributed by atoms with Crippen molar-refractivity contribution in [2.45, 2.75) is 6.61 Å². The van der Waals surface area contributed by atoms with E-state index in [0.717, 1.165) is 16.3 Å². The van der Waals surface area contributed by atoms with Gasteiger partial charge >= 0.3 is 0 Å². The number of hydrogen-bond acceptors (Lipinski definition) is 4. The van der Waals surface area contributed by atoms with Crippen LogP contribution in [-0.2, 0) is 11.4 Å². The Balaban J connectivity index is 1.91. The largest absolute Gasteiger partial charge is 0.493 e. The third-order valence-electron chi connectivity index (χ3n) is 4.23. The molecule has 0 saturated carbocycles. The highest BCUT2D eigenvalue weighted by Crippen LogP contribution is 2.35. The van der Waals surface area contributed by atoms with Crippen LogP contribution in [0.1, 0.15) is 11.1 Å². The van der Waals surface area contributed by atoms with Crippen LogP contribution in [0.2, 0.25) is 0 Å². The number of rotatable bonds is 6. The van der Waals surface area contributed by atoms with Crippen LogP contribution < -0.4 is 15.2 Å². The number of fused-ring (bicyclic) bond motifs is 1. The number of hydrogen-bond donors (Lipinski definition) is 1. The fourth-order valence-electron chi connectivity index (χ4n) is 2.82. The van der Waals surface area contributed by atoms with E-state index < -0.39 is 5.91 Å². The van der Waals surface area contributed by atoms with Gasteiger partial charge in [-0.25, -0.2) is 0 Å². The van der Waals surface area contributed by atoms with Gasteiger partial charge in [0, 0.05) is 4.47 Å². The third-order valence-corrected chi connectivity index (χ3v) is 4.92. The number of halogens is 1. The van der Waals surface area contributed by atoms with Gasteiger partial charge in [0.25, 0.3) is 5.91 Å². The predicted molar refractivity (Wildman–Crippen MR) is 112 cm³/mol. The number of primary amides is 1. The van der Waals surface area contributed by atoms with E-state index in [9.17, 15) is 4.79 Å². The van der Waals surface area contributed by atoms with E-state index in [-0.39, 0.29) is 5.57 Å². The lowest BCUT2D eigenvalue weighted by Crippen LogP contribution is -2.12. The number of nitrogens with zero attached hydrogens (tertiary/aromatic N) is 1. The van der Waals surface area contributed by atoms with E-state index in [1.165, 1.54) is 13.2 Å². The SMILES string of the molecule is COc1cc(/C=C(/C#N)C(N)=O)c(Br)cc1OCc1cccc2ccccc12. The Morgan fingerprint density at radius 2 is 1.93 bits per heavy atom. The summed E-state index contributed by atoms with van der Waals surface area (Å²) in [6, 6.07) is 19.4. The Kier molecular flexibility index (Phi) is 5.97. The van der Waals surface area contributed by atoms with Crippen molar-refractivity contribution < 1.29 is 14.3 Å². The van der Waals surface area contributed by atoms with Crippen LogP contribution in [-0.4, -0.2) is 13.0 Å². The minimum Gasteiger partial charge on any atom is -0.493 e. The number of nitrogens with two attached hydrogens (primary N) is 1. The Morgan fingerprint density at radius 1 is 1.18 bits per heavy atom. The lowest BCUT2D eigenvalue weighted by atomic mass is 10.1. The zero-order chi connectivity index (χ0) is 20.1. The number of methoxy groups -OCH3 is 1. The molecule has 0 heterocycles. The van der Waals surface area contributed by atoms with Gasteiger partial charge in [-0.1, -0.05) is 58.4 Å². The highest BCUT2D eigenvalue weighted by molar-refractivity contribution is 9.10. The van der Waals surface area contributed by atoms with Crippen LogP contribution in [0, 0.1) is 11.3 Å². The molecule has 1 amide bonds. The Morgan fingerprint density at radius 3 is 2.64 bits per heavy atom. The second kappa shape index (κ2) is 8.59. The monoisotopic (exact) mass is 436 g/mol. The number of carbonyl (C=O) groups is 1. The summed E-state index contributed by atoms with van der Waals surface area (Å²) in [5.74, 6) is 0.234. The van der Waals surface area contributed by atoms with Gasteiger partial charge in [0.05, 0.1) is 7.11 Å². The minimum absolute atomic E-state index is 0.146. The molecule has 0 aliphatic rings. The maximum absolute atomic E-state index is 11.3. The maximum Gasteiger partial charge on any atom is 0.259 e. The highest BCUT2D eigenvalue weighted by atomic mass is 79.9. The molecule has 28 heavy (non-hydrogen) atoms. The first-order valence-corrected chi connectivity index (χ1v) is 9.21. The van der Waals surface area contributed by atoms with Crippen molar-refractivity contribution in [1.82, 2.24) is 0 Å². The van der Waals surface area contributed by atoms with Crippen molar-refractivity contribution in [3.63, 3.8) is 0 Å². The van der Waals surface area contributed by atoms with E-state index in [1.807, 2.05) is 24.3 Å². The average molecular weight is 437 g/mol. The number of amides is 1. The van der Waals surface area contributed by atoms with E-state index >= 15 is 0 Å². The van der Waals surface area contributed by atoms with Crippen LogP contribution in [0.5, 0.6) is 11.5 Å². The van der Waals surface area contributed by atoms with Crippen LogP contribution >= 0.6 is 15.9 Å². The Bertz CT molecular complexity index is 1110. The summed E-state index contributed by atoms with van der Waals surface area (Å²) >= 11 is 3.44. The fourth-order valence-corrected chi connectivity index (χ4v) is 3.26. The summed E-state index contributed by atoms with van der Waals surface area (Å²) < 4.78 is 12.1. The second-order valence-corrected chi connectivity index (χ2v) is 6.84. The van der Waals surface area contributed by atoms with Gasteiger partial charge in [-0.3, -0.25) is 4.79 Å². The Hall–Kier alpha value is -3.30. The molecule has 0 fully saturated rings. The smallest absolute Gasteiger partial charge is 0.259 e. The van der Waals surface area contributed by atoms with Crippen molar-refractivity contribution in [2.75, 3.05) is 7.11 Å². The first kappa shape index (κ1) is 19.5. The molecule has 6 heteroatoms. The zero-order valence-corrected chi connectivity index (χ0v) is 16.7. The van der Waals surface area contributed by atoms with Crippen molar-refractivity contribution in [2.24, 2.45) is 5.73 Å². The van der Waals surface area contributed by atoms with Gasteiger partial charge in [0.15, 0.2) is 11.5 Å². The van der Waals surface area contributed by atoms with Gasteiger partial charge in [0.1, 0.15) is 18.2 Å². The second-order valence-electron chi connectivity index (χ2n) is 5.99. The van der Waals surface area contributed by atoms with Gasteiger partial charge in [-0.15, -0.1) is 0 Å². The summed E-state index contributed by atoms with van der Waals surface area (Å²) in [5, 5.41) is 11.3. The molecule has 0 saturated heterocycles. The van der Waals surface area contributed by atoms with Crippen molar-refractivity contribution >= 4 is 38.7 Å². The third kappa shape index (κ3) is 4.16. The molecule has 0 bridgehead atoms. The summed E-state index contributed by atoms with van der Waals surface area (Å²) in [6.45, 7) is 0.365. The molecule has 0 aliphatic carbocycles. The normalized spacial score (nSPS) is 11.1. The summed E-state index contributed by atoms with van der Waals surface area (Å²) in [4.78, 5) is 11.3. The van der Waals surface area contributed by atoms with Gasteiger partial charge < -0.3 is 15.2 Å². The van der Waals surface area contributed by atoms with Crippen LogP contribution in [0.4, 0.5) is 0 Å². The number of benzene rings is 3. The fraction of sp³-hybridized carbons (Fsp3) is 0.0909. The summed E-state index contributed by atoms with van der Waals surface area (Å²) in [7, 11) is 1.53. The minimum atomic E-state index is -0.787. The first-order valence-electron chi connectivity index (χ1n) is 8.42. The molecular formula is C22H17BrN2O3. The molecule has 2 N–H and O–H groups in total. The number of carbonyl (C=O) groups excluding carboxylic acids is 1. The zero-order valence-electron chi connectivity index (χ0n) is 15.1. The lowest BCUT2D eigenvalue weighted by Gasteiger charge is -2.14. The maximum atomic E-state index is 11.3. The van der Waals surface area contributed by atoms with Gasteiger partial charge in [-0.05, 0) is 40.1 Å². The number of ether oxygens (including phenoxy) is 2. The lowest BCUT2D eigenvalue weighted by molar-refractivity contribution is -0.114. The van der Waals surface area contributed by atoms with E-state index in [4.69, 9.17) is 20.5 Å². The Labute approximate surface area is 171 Å². The molecule has 0 radical (unpaired) electrons. The van der Waals surface area contributed by atoms with Gasteiger partial charge in [0.2, 0.25) is 0 Å². The molecule has 0 aromatic heterocycles. The average Bonchev–Trinajstić information content (AvgIpc) is 2.71. The van der Waals surface area contributed by atoms with Crippen LogP contribution in [0.3, 0.4) is 0 Å². The molecule has 3 aromatic carbocycles. The molecule has 0 spiro atoms. The molecule has 0 unspecified atom stereocenters. The quantitative estimate of drug-likeness (QED) is 0.452. The summed E-state index contributed by atoms with van der Waals surface area (Å²) in [6.07, 6.45) is 1.41. The standard InChI is InChI=1S/C22H17BrN2O3/c1-27-20-10-16(9-17(12-24)22(25)26)19(23)11-21(20)28-13-15-7-4-6-14-5-2-3-8-18(14)15/h2-11H,13H2,1H3,(H2,25,26)/b17-9-. The van der Waals surface area contributed by atoms with E-state index in [0.29, 0.717) is 28.1 Å².